The summed E-state index contributed by atoms with van der Waals surface area (Å²) in [5.74, 6) is 0. The highest BCUT2D eigenvalue weighted by atomic mass is 35.5. The summed E-state index contributed by atoms with van der Waals surface area (Å²) in [6.07, 6.45) is 0. The van der Waals surface area contributed by atoms with Crippen LogP contribution in [0, 0.1) is 22.7 Å². The molecule has 9 heteroatoms. The lowest BCUT2D eigenvalue weighted by atomic mass is 10.3. The summed E-state index contributed by atoms with van der Waals surface area (Å²) in [5.41, 5.74) is -2.23. The summed E-state index contributed by atoms with van der Waals surface area (Å²) < 4.78 is 36.5. The van der Waals surface area contributed by atoms with Crippen LogP contribution in [0.25, 0.3) is 0 Å². The molecule has 1 aromatic carbocycles. The minimum Gasteiger partial charge on any atom is -0.276 e. The Bertz CT molecular complexity index is 570. The first-order valence-electron chi connectivity index (χ1n) is 4.55. The number of benzene rings is 1. The molecule has 0 bridgehead atoms. The molecule has 0 aliphatic rings. The number of nitrogens with one attached hydrogen (secondary N) is 1. The standard InChI is InChI=1S/C10H4ClF3N4S/c11-8-3-6(17-18-7(4-15)5-16)1-2-9(8)19-10(12,13)14/h1-3,17H. The number of anilines is 1. The van der Waals surface area contributed by atoms with Gasteiger partial charge in [0, 0.05) is 4.90 Å². The maximum Gasteiger partial charge on any atom is 0.446 e. The Balaban J connectivity index is 2.87. The van der Waals surface area contributed by atoms with Crippen LogP contribution in [-0.4, -0.2) is 11.2 Å². The van der Waals surface area contributed by atoms with Gasteiger partial charge in [-0.1, -0.05) is 11.6 Å². The van der Waals surface area contributed by atoms with E-state index in [1.54, 1.807) is 0 Å². The quantitative estimate of drug-likeness (QED) is 0.524. The van der Waals surface area contributed by atoms with Gasteiger partial charge < -0.3 is 0 Å². The van der Waals surface area contributed by atoms with Crippen molar-refractivity contribution in [3.63, 3.8) is 0 Å². The molecule has 0 amide bonds. The van der Waals surface area contributed by atoms with Gasteiger partial charge in [-0.2, -0.15) is 28.8 Å². The molecule has 0 saturated carbocycles. The van der Waals surface area contributed by atoms with Crippen molar-refractivity contribution in [2.45, 2.75) is 10.4 Å². The van der Waals surface area contributed by atoms with Crippen LogP contribution in [0.15, 0.2) is 28.2 Å². The molecule has 19 heavy (non-hydrogen) atoms. The summed E-state index contributed by atoms with van der Waals surface area (Å²) in [6.45, 7) is 0. The van der Waals surface area contributed by atoms with Crippen molar-refractivity contribution in [2.24, 2.45) is 5.10 Å². The van der Waals surface area contributed by atoms with E-state index in [4.69, 9.17) is 22.1 Å². The van der Waals surface area contributed by atoms with Gasteiger partial charge in [0.25, 0.3) is 0 Å². The Kier molecular flexibility index (Phi) is 5.04. The van der Waals surface area contributed by atoms with Crippen molar-refractivity contribution in [1.29, 1.82) is 10.5 Å². The zero-order chi connectivity index (χ0) is 14.5. The van der Waals surface area contributed by atoms with Gasteiger partial charge in [-0.3, -0.25) is 5.43 Å². The van der Waals surface area contributed by atoms with E-state index < -0.39 is 11.2 Å². The second-order valence-electron chi connectivity index (χ2n) is 2.99. The Morgan fingerprint density at radius 2 is 1.95 bits per heavy atom. The third-order valence-electron chi connectivity index (χ3n) is 1.67. The van der Waals surface area contributed by atoms with Crippen LogP contribution in [0.3, 0.4) is 0 Å². The maximum atomic E-state index is 12.2. The molecule has 0 aromatic heterocycles. The molecule has 4 nitrogen and oxygen atoms in total. The SMILES string of the molecule is N#CC(C#N)=NNc1ccc(SC(F)(F)F)c(Cl)c1. The van der Waals surface area contributed by atoms with E-state index in [-0.39, 0.29) is 27.4 Å². The van der Waals surface area contributed by atoms with Crippen LogP contribution >= 0.6 is 23.4 Å². The Morgan fingerprint density at radius 1 is 1.32 bits per heavy atom. The number of halogens is 4. The molecule has 1 rings (SSSR count). The molecular weight excluding hydrogens is 301 g/mol. The van der Waals surface area contributed by atoms with Gasteiger partial charge in [0.2, 0.25) is 5.71 Å². The van der Waals surface area contributed by atoms with Gasteiger partial charge in [0.15, 0.2) is 0 Å². The first-order chi connectivity index (χ1) is 8.85. The fraction of sp³-hybridized carbons (Fsp3) is 0.100. The van der Waals surface area contributed by atoms with Crippen LogP contribution in [0.5, 0.6) is 0 Å². The van der Waals surface area contributed by atoms with Gasteiger partial charge in [-0.05, 0) is 30.0 Å². The van der Waals surface area contributed by atoms with E-state index in [9.17, 15) is 13.2 Å². The predicted octanol–water partition coefficient (Wildman–Crippen LogP) is 3.77. The third-order valence-corrected chi connectivity index (χ3v) is 2.90. The zero-order valence-electron chi connectivity index (χ0n) is 8.99. The Hall–Kier alpha value is -1.90. The highest BCUT2D eigenvalue weighted by molar-refractivity contribution is 8.00. The number of nitriles is 2. The van der Waals surface area contributed by atoms with Crippen molar-refractivity contribution in [3.05, 3.63) is 23.2 Å². The monoisotopic (exact) mass is 304 g/mol. The number of rotatable bonds is 3. The summed E-state index contributed by atoms with van der Waals surface area (Å²) in [4.78, 5) is -0.149. The van der Waals surface area contributed by atoms with E-state index in [2.05, 4.69) is 10.5 Å². The molecular formula is C10H4ClF3N4S. The van der Waals surface area contributed by atoms with E-state index in [1.807, 2.05) is 0 Å². The van der Waals surface area contributed by atoms with E-state index in [0.29, 0.717) is 0 Å². The normalized spacial score (nSPS) is 10.2. The lowest BCUT2D eigenvalue weighted by molar-refractivity contribution is -0.0328. The predicted molar refractivity (Wildman–Crippen MR) is 65.6 cm³/mol. The van der Waals surface area contributed by atoms with Gasteiger partial charge in [0.05, 0.1) is 10.7 Å². The number of thioether (sulfide) groups is 1. The molecule has 1 aromatic rings. The Labute approximate surface area is 115 Å². The number of alkyl halides is 3. The van der Waals surface area contributed by atoms with Crippen LogP contribution in [0.4, 0.5) is 18.9 Å². The minimum absolute atomic E-state index is 0.113. The number of hydrogen-bond donors (Lipinski definition) is 1. The van der Waals surface area contributed by atoms with Crippen LogP contribution in [0.2, 0.25) is 5.02 Å². The molecule has 0 radical (unpaired) electrons. The van der Waals surface area contributed by atoms with E-state index in [0.717, 1.165) is 6.07 Å². The molecule has 0 atom stereocenters. The summed E-state index contributed by atoms with van der Waals surface area (Å²) in [5, 5.41) is 20.2. The second-order valence-corrected chi connectivity index (χ2v) is 4.50. The number of nitrogens with zero attached hydrogens (tertiary/aromatic N) is 3. The highest BCUT2D eigenvalue weighted by Crippen LogP contribution is 2.40. The molecule has 98 valence electrons. The fourth-order valence-electron chi connectivity index (χ4n) is 0.973. The van der Waals surface area contributed by atoms with Crippen LogP contribution in [0.1, 0.15) is 0 Å². The van der Waals surface area contributed by atoms with Crippen molar-refractivity contribution >= 4 is 34.8 Å². The molecule has 0 saturated heterocycles. The van der Waals surface area contributed by atoms with Crippen molar-refractivity contribution in [3.8, 4) is 12.1 Å². The molecule has 0 fully saturated rings. The average molecular weight is 305 g/mol. The topological polar surface area (TPSA) is 72.0 Å². The van der Waals surface area contributed by atoms with Crippen LogP contribution in [-0.2, 0) is 0 Å². The smallest absolute Gasteiger partial charge is 0.276 e. The molecule has 0 heterocycles. The molecule has 1 N–H and O–H groups in total. The number of hydrogen-bond acceptors (Lipinski definition) is 5. The lowest BCUT2D eigenvalue weighted by Crippen LogP contribution is -2.00. The molecule has 0 aliphatic heterocycles. The van der Waals surface area contributed by atoms with Crippen molar-refractivity contribution < 1.29 is 13.2 Å². The summed E-state index contributed by atoms with van der Waals surface area (Å²) in [6, 6.07) is 6.72. The molecule has 0 spiro atoms. The van der Waals surface area contributed by atoms with Crippen LogP contribution < -0.4 is 5.43 Å². The average Bonchev–Trinajstić information content (AvgIpc) is 2.32. The zero-order valence-corrected chi connectivity index (χ0v) is 10.6. The van der Waals surface area contributed by atoms with Gasteiger partial charge in [-0.25, -0.2) is 0 Å². The fourth-order valence-corrected chi connectivity index (χ4v) is 1.81. The van der Waals surface area contributed by atoms with E-state index in [1.165, 1.54) is 24.3 Å². The lowest BCUT2D eigenvalue weighted by Gasteiger charge is -2.08. The second kappa shape index (κ2) is 6.32. The van der Waals surface area contributed by atoms with Gasteiger partial charge in [0.1, 0.15) is 12.1 Å². The molecule has 0 aliphatic carbocycles. The van der Waals surface area contributed by atoms with Gasteiger partial charge in [-0.15, -0.1) is 0 Å². The summed E-state index contributed by atoms with van der Waals surface area (Å²) in [7, 11) is 0. The first kappa shape index (κ1) is 15.2. The largest absolute Gasteiger partial charge is 0.446 e. The van der Waals surface area contributed by atoms with Crippen molar-refractivity contribution in [1.82, 2.24) is 0 Å². The van der Waals surface area contributed by atoms with Crippen molar-refractivity contribution in [2.75, 3.05) is 5.43 Å². The summed E-state index contributed by atoms with van der Waals surface area (Å²) >= 11 is 5.35. The number of hydrazone groups is 1. The molecule has 0 unspecified atom stereocenters. The third kappa shape index (κ3) is 5.08. The highest BCUT2D eigenvalue weighted by Gasteiger charge is 2.30. The van der Waals surface area contributed by atoms with E-state index >= 15 is 0 Å². The maximum absolute atomic E-state index is 12.2. The first-order valence-corrected chi connectivity index (χ1v) is 5.74. The minimum atomic E-state index is -4.43. The Morgan fingerprint density at radius 3 is 2.42 bits per heavy atom. The van der Waals surface area contributed by atoms with Gasteiger partial charge >= 0.3 is 5.51 Å².